The summed E-state index contributed by atoms with van der Waals surface area (Å²) in [5, 5.41) is 9.55. The number of hydrogen-bond donors (Lipinski definition) is 1. The van der Waals surface area contributed by atoms with Gasteiger partial charge in [0.1, 0.15) is 11.5 Å². The van der Waals surface area contributed by atoms with Crippen LogP contribution in [0.25, 0.3) is 0 Å². The maximum absolute atomic E-state index is 12.0. The minimum absolute atomic E-state index is 0.190. The predicted octanol–water partition coefficient (Wildman–Crippen LogP) is 3.95. The van der Waals surface area contributed by atoms with Crippen molar-refractivity contribution in [3.63, 3.8) is 0 Å². The molecule has 0 atom stereocenters. The molecular weight excluding hydrogens is 252 g/mol. The third-order valence-corrected chi connectivity index (χ3v) is 3.06. The molecular formula is C17H18O3. The van der Waals surface area contributed by atoms with Crippen LogP contribution >= 0.6 is 0 Å². The van der Waals surface area contributed by atoms with E-state index in [1.807, 2.05) is 6.07 Å². The minimum Gasteiger partial charge on any atom is -0.508 e. The molecule has 20 heavy (non-hydrogen) atoms. The lowest BCUT2D eigenvalue weighted by atomic mass is 10.1. The topological polar surface area (TPSA) is 46.5 Å². The molecule has 1 N–H and O–H groups in total. The van der Waals surface area contributed by atoms with Crippen molar-refractivity contribution in [2.45, 2.75) is 26.2 Å². The van der Waals surface area contributed by atoms with E-state index >= 15 is 0 Å². The zero-order chi connectivity index (χ0) is 14.4. The van der Waals surface area contributed by atoms with Crippen molar-refractivity contribution in [2.24, 2.45) is 0 Å². The van der Waals surface area contributed by atoms with Crippen LogP contribution in [0.5, 0.6) is 11.5 Å². The zero-order valence-corrected chi connectivity index (χ0v) is 11.5. The lowest BCUT2D eigenvalue weighted by molar-refractivity contribution is 0.0733. The van der Waals surface area contributed by atoms with Gasteiger partial charge in [-0.3, -0.25) is 0 Å². The molecule has 0 saturated carbocycles. The maximum atomic E-state index is 12.0. The third kappa shape index (κ3) is 3.60. The highest BCUT2D eigenvalue weighted by atomic mass is 16.5. The molecule has 2 rings (SSSR count). The molecule has 3 nitrogen and oxygen atoms in total. The first-order chi connectivity index (χ1) is 9.70. The molecule has 0 aliphatic heterocycles. The summed E-state index contributed by atoms with van der Waals surface area (Å²) in [6.07, 6.45) is 2.81. The summed E-state index contributed by atoms with van der Waals surface area (Å²) in [6, 6.07) is 13.7. The number of carbonyl (C=O) groups excluding carboxylic acids is 1. The van der Waals surface area contributed by atoms with Gasteiger partial charge in [0.15, 0.2) is 0 Å². The van der Waals surface area contributed by atoms with Gasteiger partial charge in [-0.05, 0) is 48.7 Å². The quantitative estimate of drug-likeness (QED) is 0.661. The van der Waals surface area contributed by atoms with Crippen LogP contribution in [0.15, 0.2) is 48.5 Å². The first-order valence-corrected chi connectivity index (χ1v) is 6.80. The second-order valence-electron chi connectivity index (χ2n) is 4.65. The van der Waals surface area contributed by atoms with E-state index in [1.54, 1.807) is 36.4 Å². The van der Waals surface area contributed by atoms with Crippen molar-refractivity contribution >= 4 is 5.97 Å². The van der Waals surface area contributed by atoms with E-state index in [9.17, 15) is 9.90 Å². The Hall–Kier alpha value is -2.29. The van der Waals surface area contributed by atoms with E-state index in [-0.39, 0.29) is 11.7 Å². The van der Waals surface area contributed by atoms with Gasteiger partial charge in [-0.25, -0.2) is 4.79 Å². The van der Waals surface area contributed by atoms with Gasteiger partial charge in [0, 0.05) is 0 Å². The van der Waals surface area contributed by atoms with Crippen LogP contribution < -0.4 is 4.74 Å². The number of rotatable bonds is 5. The van der Waals surface area contributed by atoms with Crippen molar-refractivity contribution in [3.05, 3.63) is 59.7 Å². The van der Waals surface area contributed by atoms with Crippen LogP contribution in [-0.4, -0.2) is 11.1 Å². The van der Waals surface area contributed by atoms with Gasteiger partial charge >= 0.3 is 5.97 Å². The molecule has 0 amide bonds. The number of phenols is 1. The van der Waals surface area contributed by atoms with Gasteiger partial charge in [-0.1, -0.05) is 31.5 Å². The van der Waals surface area contributed by atoms with Gasteiger partial charge in [0.25, 0.3) is 0 Å². The predicted molar refractivity (Wildman–Crippen MR) is 78.1 cm³/mol. The molecule has 0 aromatic heterocycles. The number of aromatic hydroxyl groups is 1. The van der Waals surface area contributed by atoms with Gasteiger partial charge < -0.3 is 9.84 Å². The number of esters is 1. The van der Waals surface area contributed by atoms with E-state index in [4.69, 9.17) is 4.74 Å². The fourth-order valence-electron chi connectivity index (χ4n) is 1.96. The first-order valence-electron chi connectivity index (χ1n) is 6.80. The van der Waals surface area contributed by atoms with Crippen molar-refractivity contribution in [1.82, 2.24) is 0 Å². The molecule has 0 unspecified atom stereocenters. The SMILES string of the molecule is CCCCc1cc(O)ccc1OC(=O)c1ccccc1. The van der Waals surface area contributed by atoms with Crippen molar-refractivity contribution < 1.29 is 14.6 Å². The molecule has 0 spiro atoms. The number of ether oxygens (including phenoxy) is 1. The summed E-state index contributed by atoms with van der Waals surface area (Å²) >= 11 is 0. The van der Waals surface area contributed by atoms with Crippen molar-refractivity contribution in [3.8, 4) is 11.5 Å². The number of aryl methyl sites for hydroxylation is 1. The molecule has 0 aliphatic carbocycles. The lowest BCUT2D eigenvalue weighted by Gasteiger charge is -2.10. The number of phenolic OH excluding ortho intramolecular Hbond substituents is 1. The Morgan fingerprint density at radius 1 is 1.15 bits per heavy atom. The Morgan fingerprint density at radius 3 is 2.60 bits per heavy atom. The highest BCUT2D eigenvalue weighted by Crippen LogP contribution is 2.26. The Balaban J connectivity index is 2.18. The normalized spacial score (nSPS) is 10.2. The molecule has 0 bridgehead atoms. The van der Waals surface area contributed by atoms with E-state index in [1.165, 1.54) is 6.07 Å². The first kappa shape index (κ1) is 14.1. The molecule has 0 aliphatic rings. The number of hydrogen-bond acceptors (Lipinski definition) is 3. The van der Waals surface area contributed by atoms with E-state index in [0.717, 1.165) is 24.8 Å². The number of carbonyl (C=O) groups is 1. The molecule has 0 fully saturated rings. The van der Waals surface area contributed by atoms with E-state index < -0.39 is 0 Å². The second kappa shape index (κ2) is 6.75. The molecule has 2 aromatic rings. The largest absolute Gasteiger partial charge is 0.508 e. The average Bonchev–Trinajstić information content (AvgIpc) is 2.48. The fourth-order valence-corrected chi connectivity index (χ4v) is 1.96. The zero-order valence-electron chi connectivity index (χ0n) is 11.5. The molecule has 3 heteroatoms. The smallest absolute Gasteiger partial charge is 0.343 e. The highest BCUT2D eigenvalue weighted by molar-refractivity contribution is 5.91. The molecule has 2 aromatic carbocycles. The van der Waals surface area contributed by atoms with E-state index in [0.29, 0.717) is 11.3 Å². The van der Waals surface area contributed by atoms with Crippen LogP contribution in [-0.2, 0) is 6.42 Å². The molecule has 104 valence electrons. The van der Waals surface area contributed by atoms with Crippen molar-refractivity contribution in [2.75, 3.05) is 0 Å². The lowest BCUT2D eigenvalue weighted by Crippen LogP contribution is -2.09. The van der Waals surface area contributed by atoms with Crippen LogP contribution in [0.4, 0.5) is 0 Å². The molecule has 0 radical (unpaired) electrons. The Kier molecular flexibility index (Phi) is 4.77. The fraction of sp³-hybridized carbons (Fsp3) is 0.235. The van der Waals surface area contributed by atoms with Gasteiger partial charge in [-0.15, -0.1) is 0 Å². The molecule has 0 saturated heterocycles. The summed E-state index contributed by atoms with van der Waals surface area (Å²) in [5.74, 6) is 0.328. The van der Waals surface area contributed by atoms with Gasteiger partial charge in [0.2, 0.25) is 0 Å². The van der Waals surface area contributed by atoms with Crippen molar-refractivity contribution in [1.29, 1.82) is 0 Å². The number of unbranched alkanes of at least 4 members (excludes halogenated alkanes) is 1. The maximum Gasteiger partial charge on any atom is 0.343 e. The number of benzene rings is 2. The highest BCUT2D eigenvalue weighted by Gasteiger charge is 2.11. The summed E-state index contributed by atoms with van der Waals surface area (Å²) in [7, 11) is 0. The van der Waals surface area contributed by atoms with Crippen LogP contribution in [0, 0.1) is 0 Å². The van der Waals surface area contributed by atoms with Crippen LogP contribution in [0.2, 0.25) is 0 Å². The van der Waals surface area contributed by atoms with E-state index in [2.05, 4.69) is 6.92 Å². The average molecular weight is 270 g/mol. The standard InChI is InChI=1S/C17H18O3/c1-2-3-7-14-12-15(18)10-11-16(14)20-17(19)13-8-5-4-6-9-13/h4-6,8-12,18H,2-3,7H2,1H3. The van der Waals surface area contributed by atoms with Gasteiger partial charge in [-0.2, -0.15) is 0 Å². The minimum atomic E-state index is -0.381. The monoisotopic (exact) mass is 270 g/mol. The summed E-state index contributed by atoms with van der Waals surface area (Å²) in [6.45, 7) is 2.10. The Bertz CT molecular complexity index is 576. The van der Waals surface area contributed by atoms with Gasteiger partial charge in [0.05, 0.1) is 5.56 Å². The second-order valence-corrected chi connectivity index (χ2v) is 4.65. The van der Waals surface area contributed by atoms with Crippen LogP contribution in [0.1, 0.15) is 35.7 Å². The summed E-state index contributed by atoms with van der Waals surface area (Å²) in [5.41, 5.74) is 1.37. The Labute approximate surface area is 118 Å². The summed E-state index contributed by atoms with van der Waals surface area (Å²) in [4.78, 5) is 12.0. The summed E-state index contributed by atoms with van der Waals surface area (Å²) < 4.78 is 5.43. The Morgan fingerprint density at radius 2 is 1.90 bits per heavy atom. The molecule has 0 heterocycles. The van der Waals surface area contributed by atoms with Crippen LogP contribution in [0.3, 0.4) is 0 Å². The third-order valence-electron chi connectivity index (χ3n) is 3.06.